The lowest BCUT2D eigenvalue weighted by molar-refractivity contribution is 0.516. The van der Waals surface area contributed by atoms with Crippen molar-refractivity contribution < 1.29 is 0 Å². The smallest absolute Gasteiger partial charge is 0.00571 e. The minimum absolute atomic E-state index is 0.190. The van der Waals surface area contributed by atoms with Gasteiger partial charge < -0.3 is 0 Å². The fourth-order valence-electron chi connectivity index (χ4n) is 2.68. The molecule has 94 valence electrons. The number of fused-ring (bicyclic) bond motifs is 1. The lowest BCUT2D eigenvalue weighted by Gasteiger charge is -2.35. The topological polar surface area (TPSA) is 0 Å². The van der Waals surface area contributed by atoms with Gasteiger partial charge in [-0.15, -0.1) is 0 Å². The Morgan fingerprint density at radius 1 is 1.22 bits per heavy atom. The normalized spacial score (nSPS) is 19.6. The van der Waals surface area contributed by atoms with Gasteiger partial charge in [-0.1, -0.05) is 62.4 Å². The predicted octanol–water partition coefficient (Wildman–Crippen LogP) is 5.27. The van der Waals surface area contributed by atoms with Crippen LogP contribution in [0, 0.1) is 0 Å². The van der Waals surface area contributed by atoms with Gasteiger partial charge in [0.1, 0.15) is 0 Å². The molecule has 18 heavy (non-hydrogen) atoms. The minimum Gasteiger partial charge on any atom is -0.0952 e. The predicted molar refractivity (Wildman–Crippen MR) is 80.6 cm³/mol. The lowest BCUT2D eigenvalue weighted by atomic mass is 9.69. The molecule has 0 saturated heterocycles. The summed E-state index contributed by atoms with van der Waals surface area (Å²) in [5.74, 6) is 0. The van der Waals surface area contributed by atoms with Crippen molar-refractivity contribution in [2.24, 2.45) is 0 Å². The van der Waals surface area contributed by atoms with E-state index in [4.69, 9.17) is 0 Å². The van der Waals surface area contributed by atoms with Gasteiger partial charge in [0.2, 0.25) is 0 Å². The van der Waals surface area contributed by atoms with Gasteiger partial charge in [0, 0.05) is 0 Å². The first-order valence-corrected chi connectivity index (χ1v) is 6.55. The number of hydrogen-bond acceptors (Lipinski definition) is 0. The summed E-state index contributed by atoms with van der Waals surface area (Å²) in [6.07, 6.45) is 5.42. The summed E-state index contributed by atoms with van der Waals surface area (Å²) < 4.78 is 0. The van der Waals surface area contributed by atoms with Crippen LogP contribution in [0.2, 0.25) is 0 Å². The van der Waals surface area contributed by atoms with Crippen LogP contribution in [0.1, 0.15) is 45.2 Å². The molecule has 0 heterocycles. The van der Waals surface area contributed by atoms with Crippen LogP contribution in [0.3, 0.4) is 0 Å². The molecule has 0 amide bonds. The second kappa shape index (κ2) is 4.61. The van der Waals surface area contributed by atoms with Crippen molar-refractivity contribution in [3.63, 3.8) is 0 Å². The van der Waals surface area contributed by atoms with Crippen molar-refractivity contribution in [2.45, 2.75) is 39.5 Å². The van der Waals surface area contributed by atoms with E-state index in [1.165, 1.54) is 27.8 Å². The summed E-state index contributed by atoms with van der Waals surface area (Å²) >= 11 is 0. The molecule has 0 spiro atoms. The van der Waals surface area contributed by atoms with Crippen LogP contribution in [0.4, 0.5) is 0 Å². The van der Waals surface area contributed by atoms with Gasteiger partial charge in [-0.25, -0.2) is 0 Å². The number of benzene rings is 1. The summed E-state index contributed by atoms with van der Waals surface area (Å²) in [5, 5.41) is 0. The number of hydrogen-bond donors (Lipinski definition) is 0. The molecule has 0 nitrogen and oxygen atoms in total. The third kappa shape index (κ3) is 2.33. The maximum atomic E-state index is 4.27. The van der Waals surface area contributed by atoms with E-state index in [1.54, 1.807) is 0 Å². The molecule has 0 unspecified atom stereocenters. The van der Waals surface area contributed by atoms with E-state index >= 15 is 0 Å². The van der Waals surface area contributed by atoms with E-state index in [0.717, 1.165) is 6.42 Å². The molecule has 1 aromatic rings. The van der Waals surface area contributed by atoms with Gasteiger partial charge in [0.25, 0.3) is 0 Å². The van der Waals surface area contributed by atoms with E-state index < -0.39 is 0 Å². The van der Waals surface area contributed by atoms with E-state index in [9.17, 15) is 0 Å². The summed E-state index contributed by atoms with van der Waals surface area (Å²) in [6.45, 7) is 13.1. The van der Waals surface area contributed by atoms with Crippen LogP contribution in [0.25, 0.3) is 5.57 Å². The molecule has 0 aliphatic heterocycles. The first-order chi connectivity index (χ1) is 8.42. The quantitative estimate of drug-likeness (QED) is 0.625. The molecule has 2 rings (SSSR count). The zero-order valence-corrected chi connectivity index (χ0v) is 11.9. The van der Waals surface area contributed by atoms with Crippen molar-refractivity contribution in [3.05, 3.63) is 65.3 Å². The first-order valence-electron chi connectivity index (χ1n) is 6.55. The number of rotatable bonds is 1. The molecule has 0 aromatic heterocycles. The van der Waals surface area contributed by atoms with E-state index in [1.807, 2.05) is 0 Å². The molecular formula is C18H22. The Bertz CT molecular complexity index is 535. The zero-order valence-electron chi connectivity index (χ0n) is 11.9. The first kappa shape index (κ1) is 12.9. The second-order valence-electron chi connectivity index (χ2n) is 6.03. The van der Waals surface area contributed by atoms with Crippen LogP contribution in [0.5, 0.6) is 0 Å². The van der Waals surface area contributed by atoms with Crippen molar-refractivity contribution in [3.8, 4) is 0 Å². The Balaban J connectivity index is 2.61. The highest BCUT2D eigenvalue weighted by atomic mass is 14.3. The largest absolute Gasteiger partial charge is 0.0952 e. The van der Waals surface area contributed by atoms with Crippen LogP contribution in [-0.2, 0) is 5.41 Å². The average molecular weight is 238 g/mol. The van der Waals surface area contributed by atoms with Gasteiger partial charge in [0.15, 0.2) is 0 Å². The molecule has 1 aromatic carbocycles. The lowest BCUT2D eigenvalue weighted by Crippen LogP contribution is -2.24. The molecule has 0 fully saturated rings. The maximum absolute atomic E-state index is 4.27. The third-order valence-electron chi connectivity index (χ3n) is 3.57. The van der Waals surface area contributed by atoms with Gasteiger partial charge in [-0.05, 0) is 48.0 Å². The average Bonchev–Trinajstić information content (AvgIpc) is 2.27. The highest BCUT2D eigenvalue weighted by molar-refractivity contribution is 5.84. The van der Waals surface area contributed by atoms with Crippen LogP contribution >= 0.6 is 0 Å². The number of allylic oxidation sites excluding steroid dienone is 5. The van der Waals surface area contributed by atoms with Gasteiger partial charge in [-0.3, -0.25) is 0 Å². The Hall–Kier alpha value is -1.56. The highest BCUT2D eigenvalue weighted by Crippen LogP contribution is 2.44. The van der Waals surface area contributed by atoms with Crippen molar-refractivity contribution in [1.82, 2.24) is 0 Å². The van der Waals surface area contributed by atoms with E-state index in [0.29, 0.717) is 0 Å². The standard InChI is InChI=1S/C18H22/c1-13(2)10-11-15-14(3)12-18(4,5)17-9-7-6-8-16(15)17/h6-11H,3,12H2,1-2,4-5H3/b15-11+. The Morgan fingerprint density at radius 3 is 2.56 bits per heavy atom. The van der Waals surface area contributed by atoms with Gasteiger partial charge >= 0.3 is 0 Å². The fraction of sp³-hybridized carbons (Fsp3) is 0.333. The molecule has 1 aliphatic rings. The Labute approximate surface area is 111 Å². The summed E-state index contributed by atoms with van der Waals surface area (Å²) in [6, 6.07) is 8.71. The van der Waals surface area contributed by atoms with Crippen molar-refractivity contribution in [2.75, 3.05) is 0 Å². The molecule has 0 heteroatoms. The SMILES string of the molecule is C=C1CC(C)(C)c2ccccc2/C1=C/C=C(C)C. The molecular weight excluding hydrogens is 216 g/mol. The van der Waals surface area contributed by atoms with Gasteiger partial charge in [0.05, 0.1) is 0 Å². The van der Waals surface area contributed by atoms with Gasteiger partial charge in [-0.2, -0.15) is 0 Å². The molecule has 0 radical (unpaired) electrons. The van der Waals surface area contributed by atoms with Crippen molar-refractivity contribution in [1.29, 1.82) is 0 Å². The zero-order chi connectivity index (χ0) is 13.3. The second-order valence-corrected chi connectivity index (χ2v) is 6.03. The minimum atomic E-state index is 0.190. The van der Waals surface area contributed by atoms with Crippen LogP contribution in [-0.4, -0.2) is 0 Å². The highest BCUT2D eigenvalue weighted by Gasteiger charge is 2.31. The maximum Gasteiger partial charge on any atom is -0.00571 e. The Morgan fingerprint density at radius 2 is 1.89 bits per heavy atom. The molecule has 0 bridgehead atoms. The van der Waals surface area contributed by atoms with E-state index in [2.05, 4.69) is 70.7 Å². The van der Waals surface area contributed by atoms with Crippen molar-refractivity contribution >= 4 is 5.57 Å². The summed E-state index contributed by atoms with van der Waals surface area (Å²) in [4.78, 5) is 0. The Kier molecular flexibility index (Phi) is 3.30. The van der Waals surface area contributed by atoms with E-state index in [-0.39, 0.29) is 5.41 Å². The molecule has 1 aliphatic carbocycles. The van der Waals surface area contributed by atoms with Crippen LogP contribution < -0.4 is 0 Å². The third-order valence-corrected chi connectivity index (χ3v) is 3.57. The summed E-state index contributed by atoms with van der Waals surface area (Å²) in [7, 11) is 0. The molecule has 0 saturated carbocycles. The fourth-order valence-corrected chi connectivity index (χ4v) is 2.68. The molecule has 0 atom stereocenters. The monoisotopic (exact) mass is 238 g/mol. The summed E-state index contributed by atoms with van der Waals surface area (Å²) in [5.41, 5.74) is 6.83. The molecule has 0 N–H and O–H groups in total. The van der Waals surface area contributed by atoms with Crippen LogP contribution in [0.15, 0.2) is 54.1 Å².